The summed E-state index contributed by atoms with van der Waals surface area (Å²) in [5.74, 6) is 0. The van der Waals surface area contributed by atoms with Crippen LogP contribution in [0.1, 0.15) is 22.3 Å². The Hall–Kier alpha value is -9.30. The highest BCUT2D eigenvalue weighted by molar-refractivity contribution is 6.26. The van der Waals surface area contributed by atoms with E-state index < -0.39 is 5.41 Å². The van der Waals surface area contributed by atoms with Gasteiger partial charge in [-0.1, -0.05) is 237 Å². The predicted molar refractivity (Wildman–Crippen MR) is 304 cm³/mol. The van der Waals surface area contributed by atoms with Crippen LogP contribution in [0.4, 0.5) is 17.1 Å². The van der Waals surface area contributed by atoms with Crippen LogP contribution >= 0.6 is 0 Å². The Morgan fingerprint density at radius 1 is 0.222 bits per heavy atom. The molecule has 0 atom stereocenters. The van der Waals surface area contributed by atoms with Crippen molar-refractivity contribution in [3.8, 4) is 55.6 Å². The molecule has 1 spiro atoms. The van der Waals surface area contributed by atoms with E-state index >= 15 is 0 Å². The quantitative estimate of drug-likeness (QED) is 0.150. The molecule has 0 heterocycles. The minimum atomic E-state index is -0.522. The fourth-order valence-corrected chi connectivity index (χ4v) is 12.7. The zero-order chi connectivity index (χ0) is 47.3. The van der Waals surface area contributed by atoms with E-state index in [2.05, 4.69) is 278 Å². The number of anilines is 3. The molecule has 0 saturated carbocycles. The third-order valence-corrected chi connectivity index (χ3v) is 15.9. The fourth-order valence-electron chi connectivity index (χ4n) is 12.7. The lowest BCUT2D eigenvalue weighted by Crippen LogP contribution is -2.26. The van der Waals surface area contributed by atoms with Crippen LogP contribution in [-0.2, 0) is 5.41 Å². The largest absolute Gasteiger partial charge is 0.310 e. The van der Waals surface area contributed by atoms with E-state index in [0.29, 0.717) is 0 Å². The van der Waals surface area contributed by atoms with Crippen molar-refractivity contribution in [1.82, 2.24) is 0 Å². The first-order valence-corrected chi connectivity index (χ1v) is 25.1. The Morgan fingerprint density at radius 3 is 1.29 bits per heavy atom. The van der Waals surface area contributed by atoms with Crippen LogP contribution in [0.3, 0.4) is 0 Å². The molecular weight excluding hydrogens is 867 g/mol. The number of hydrogen-bond donors (Lipinski definition) is 0. The second kappa shape index (κ2) is 15.9. The first-order chi connectivity index (χ1) is 35.7. The Morgan fingerprint density at radius 2 is 0.653 bits per heavy atom. The molecule has 0 bridgehead atoms. The van der Waals surface area contributed by atoms with Gasteiger partial charge in [-0.2, -0.15) is 0 Å². The van der Waals surface area contributed by atoms with E-state index in [1.165, 1.54) is 115 Å². The maximum Gasteiger partial charge on any atom is 0.0726 e. The molecule has 0 unspecified atom stereocenters. The topological polar surface area (TPSA) is 3.24 Å². The third kappa shape index (κ3) is 5.89. The monoisotopic (exact) mass is 911 g/mol. The first kappa shape index (κ1) is 40.6. The van der Waals surface area contributed by atoms with Gasteiger partial charge in [-0.25, -0.2) is 0 Å². The number of benzene rings is 13. The van der Waals surface area contributed by atoms with Crippen LogP contribution < -0.4 is 4.90 Å². The summed E-state index contributed by atoms with van der Waals surface area (Å²) in [6.45, 7) is 0. The summed E-state index contributed by atoms with van der Waals surface area (Å²) in [5.41, 5.74) is 20.4. The van der Waals surface area contributed by atoms with Crippen molar-refractivity contribution < 1.29 is 0 Å². The zero-order valence-corrected chi connectivity index (χ0v) is 39.4. The number of hydrogen-bond acceptors (Lipinski definition) is 1. The predicted octanol–water partition coefficient (Wildman–Crippen LogP) is 19.1. The minimum Gasteiger partial charge on any atom is -0.310 e. The van der Waals surface area contributed by atoms with Crippen LogP contribution in [0.15, 0.2) is 273 Å². The van der Waals surface area contributed by atoms with Crippen LogP contribution in [0.25, 0.3) is 98.7 Å². The molecule has 13 aromatic carbocycles. The van der Waals surface area contributed by atoms with Gasteiger partial charge >= 0.3 is 0 Å². The van der Waals surface area contributed by atoms with E-state index in [1.54, 1.807) is 0 Å². The molecule has 15 rings (SSSR count). The van der Waals surface area contributed by atoms with Crippen molar-refractivity contribution in [3.63, 3.8) is 0 Å². The number of rotatable bonds is 6. The molecule has 0 aromatic heterocycles. The van der Waals surface area contributed by atoms with Crippen molar-refractivity contribution in [1.29, 1.82) is 0 Å². The van der Waals surface area contributed by atoms with E-state index in [-0.39, 0.29) is 0 Å². The summed E-state index contributed by atoms with van der Waals surface area (Å²) in [7, 11) is 0. The summed E-state index contributed by atoms with van der Waals surface area (Å²) in [6, 6.07) is 102. The molecule has 0 aliphatic heterocycles. The van der Waals surface area contributed by atoms with Gasteiger partial charge in [-0.3, -0.25) is 0 Å². The minimum absolute atomic E-state index is 0.522. The third-order valence-electron chi connectivity index (χ3n) is 15.9. The molecule has 0 N–H and O–H groups in total. The van der Waals surface area contributed by atoms with Crippen molar-refractivity contribution in [2.75, 3.05) is 4.90 Å². The maximum absolute atomic E-state index is 2.57. The van der Waals surface area contributed by atoms with Gasteiger partial charge in [0.1, 0.15) is 0 Å². The Kier molecular flexibility index (Phi) is 8.94. The Bertz CT molecular complexity index is 4230. The van der Waals surface area contributed by atoms with Crippen molar-refractivity contribution in [2.24, 2.45) is 0 Å². The molecular formula is C71H45N. The summed E-state index contributed by atoms with van der Waals surface area (Å²) in [4.78, 5) is 2.54. The van der Waals surface area contributed by atoms with E-state index in [0.717, 1.165) is 22.6 Å². The molecule has 334 valence electrons. The van der Waals surface area contributed by atoms with Gasteiger partial charge in [-0.15, -0.1) is 0 Å². The average molecular weight is 912 g/mol. The molecule has 13 aromatic rings. The fraction of sp³-hybridized carbons (Fsp3) is 0.0141. The second-order valence-corrected chi connectivity index (χ2v) is 19.5. The summed E-state index contributed by atoms with van der Waals surface area (Å²) < 4.78 is 0. The van der Waals surface area contributed by atoms with E-state index in [4.69, 9.17) is 0 Å². The van der Waals surface area contributed by atoms with Gasteiger partial charge in [0.05, 0.1) is 11.1 Å². The summed E-state index contributed by atoms with van der Waals surface area (Å²) >= 11 is 0. The smallest absolute Gasteiger partial charge is 0.0726 e. The lowest BCUT2D eigenvalue weighted by Gasteiger charge is -2.33. The number of fused-ring (bicyclic) bond motifs is 17. The number of nitrogens with zero attached hydrogens (tertiary/aromatic N) is 1. The SMILES string of the molecule is c1ccc(-c2ccc(-c3cc4c(cc3N(c3ccc(-c5cccc6ccccc56)cc3)c3ccc5c6ccccc6c6ccccc6c5c3)C3(c5ccccc5-c5ccccc53)c3ccccc3-4)cc2)cc1. The zero-order valence-electron chi connectivity index (χ0n) is 39.4. The normalized spacial score (nSPS) is 12.8. The van der Waals surface area contributed by atoms with Crippen LogP contribution in [0.5, 0.6) is 0 Å². The molecule has 0 amide bonds. The molecule has 0 fully saturated rings. The lowest BCUT2D eigenvalue weighted by atomic mass is 9.70. The molecule has 2 aliphatic rings. The van der Waals surface area contributed by atoms with Gasteiger partial charge in [0.15, 0.2) is 0 Å². The average Bonchev–Trinajstić information content (AvgIpc) is 3.92. The van der Waals surface area contributed by atoms with Crippen LogP contribution in [-0.4, -0.2) is 0 Å². The lowest BCUT2D eigenvalue weighted by molar-refractivity contribution is 0.794. The first-order valence-electron chi connectivity index (χ1n) is 25.1. The molecule has 0 saturated heterocycles. The standard InChI is InChI=1S/C71H45N/c1-2-17-46(18-3-1)47-33-35-50(36-34-47)63-44-65-62-28-12-15-32-68(62)71(66-30-13-10-26-60(66)61-27-11-14-31-67(61)71)69(65)45-70(63)72(51-39-37-49(38-40-51)54-29-16-20-48-19-4-5-21-53(48)54)52-41-42-59-57-24-7-6-22-55(57)56-23-8-9-25-58(56)64(59)43-52/h1-45H. The van der Waals surface area contributed by atoms with Gasteiger partial charge in [0, 0.05) is 16.9 Å². The van der Waals surface area contributed by atoms with Gasteiger partial charge in [-0.05, 0) is 152 Å². The second-order valence-electron chi connectivity index (χ2n) is 19.5. The maximum atomic E-state index is 2.57. The highest BCUT2D eigenvalue weighted by Gasteiger charge is 2.52. The van der Waals surface area contributed by atoms with Gasteiger partial charge in [0.2, 0.25) is 0 Å². The molecule has 1 nitrogen and oxygen atoms in total. The van der Waals surface area contributed by atoms with Crippen LogP contribution in [0, 0.1) is 0 Å². The van der Waals surface area contributed by atoms with E-state index in [1.807, 2.05) is 0 Å². The van der Waals surface area contributed by atoms with Gasteiger partial charge < -0.3 is 4.90 Å². The highest BCUT2D eigenvalue weighted by Crippen LogP contribution is 2.64. The van der Waals surface area contributed by atoms with Gasteiger partial charge in [0.25, 0.3) is 0 Å². The summed E-state index contributed by atoms with van der Waals surface area (Å²) in [6.07, 6.45) is 0. The molecule has 72 heavy (non-hydrogen) atoms. The molecule has 0 radical (unpaired) electrons. The summed E-state index contributed by atoms with van der Waals surface area (Å²) in [5, 5.41) is 10.0. The Balaban J connectivity index is 1.04. The van der Waals surface area contributed by atoms with Crippen molar-refractivity contribution in [3.05, 3.63) is 295 Å². The molecule has 2 aliphatic carbocycles. The van der Waals surface area contributed by atoms with E-state index in [9.17, 15) is 0 Å². The van der Waals surface area contributed by atoms with Crippen molar-refractivity contribution >= 4 is 60.2 Å². The Labute approximate surface area is 419 Å². The highest BCUT2D eigenvalue weighted by atomic mass is 15.1. The van der Waals surface area contributed by atoms with Crippen LogP contribution in [0.2, 0.25) is 0 Å². The molecule has 1 heteroatoms. The van der Waals surface area contributed by atoms with Crippen molar-refractivity contribution in [2.45, 2.75) is 5.41 Å².